The third kappa shape index (κ3) is 10.3. The van der Waals surface area contributed by atoms with E-state index in [9.17, 15) is 34.2 Å². The summed E-state index contributed by atoms with van der Waals surface area (Å²) >= 11 is 0. The fourth-order valence-corrected chi connectivity index (χ4v) is 7.41. The standard InChI is InChI=1S/C46H52N6O7/c1-26-20-41(57)42(30-12-16-38(54)34(23-30)33-21-28(9-15-37(33)53)22-36(51-44(26)58)39(55)8-7-18-47)52(6)45(59)31(17-19-48)24-40(56)35-25-49-43(50-27(35)2)29-10-13-32(14-11-29)46(3,4)5/h9-16,21,23,25-26,31,36,42,53-54H,7-8,17,19-20,22,24,48H2,1-6H3,(H,51,58)/t26-,31-,36+,42+/m1/s1. The molecule has 4 bridgehead atoms. The molecule has 2 heterocycles. The van der Waals surface area contributed by atoms with Crippen LogP contribution in [0.25, 0.3) is 22.5 Å². The predicted octanol–water partition coefficient (Wildman–Crippen LogP) is 6.07. The number of nitrogens with zero attached hydrogens (tertiary/aromatic N) is 4. The average Bonchev–Trinajstić information content (AvgIpc) is 3.19. The number of nitrogens with two attached hydrogens (primary N) is 1. The van der Waals surface area contributed by atoms with Crippen LogP contribution in [0.1, 0.15) is 98.6 Å². The number of fused-ring (bicyclic) bond motifs is 5. The van der Waals surface area contributed by atoms with Gasteiger partial charge in [-0.15, -0.1) is 0 Å². The lowest BCUT2D eigenvalue weighted by atomic mass is 9.86. The molecular weight excluding hydrogens is 749 g/mol. The zero-order valence-electron chi connectivity index (χ0n) is 34.4. The molecule has 1 aliphatic rings. The summed E-state index contributed by atoms with van der Waals surface area (Å²) in [5.74, 6) is -4.21. The summed E-state index contributed by atoms with van der Waals surface area (Å²) in [4.78, 5) is 79.8. The summed E-state index contributed by atoms with van der Waals surface area (Å²) in [5.41, 5.74) is 9.81. The zero-order chi connectivity index (χ0) is 43.2. The number of likely N-dealkylation sites (N-methyl/N-ethyl adjacent to an activating group) is 1. The number of hydrogen-bond acceptors (Lipinski definition) is 11. The molecule has 4 aromatic rings. The van der Waals surface area contributed by atoms with Crippen LogP contribution in [0.3, 0.4) is 0 Å². The van der Waals surface area contributed by atoms with Crippen LogP contribution in [-0.2, 0) is 31.0 Å². The summed E-state index contributed by atoms with van der Waals surface area (Å²) < 4.78 is 0. The van der Waals surface area contributed by atoms with E-state index in [-0.39, 0.29) is 90.2 Å². The molecule has 0 unspecified atom stereocenters. The Balaban J connectivity index is 1.47. The predicted molar refractivity (Wildman–Crippen MR) is 222 cm³/mol. The van der Waals surface area contributed by atoms with Crippen LogP contribution in [0.4, 0.5) is 0 Å². The Kier molecular flexibility index (Phi) is 13.8. The molecule has 13 heteroatoms. The van der Waals surface area contributed by atoms with E-state index in [1.54, 1.807) is 26.0 Å². The molecule has 59 heavy (non-hydrogen) atoms. The Bertz CT molecular complexity index is 2290. The summed E-state index contributed by atoms with van der Waals surface area (Å²) in [6.07, 6.45) is 0.889. The number of carbonyl (C=O) groups is 5. The number of Topliss-reactive ketones (excluding diaryl/α,β-unsaturated/α-hetero) is 3. The Morgan fingerprint density at radius 3 is 2.29 bits per heavy atom. The van der Waals surface area contributed by atoms with E-state index >= 15 is 0 Å². The molecule has 3 aromatic carbocycles. The smallest absolute Gasteiger partial charge is 0.226 e. The van der Waals surface area contributed by atoms with Gasteiger partial charge in [-0.05, 0) is 72.7 Å². The molecule has 1 aliphatic heterocycles. The summed E-state index contributed by atoms with van der Waals surface area (Å²) in [6.45, 7) is 9.70. The normalized spacial score (nSPS) is 17.6. The number of nitrogens with one attached hydrogen (secondary N) is 1. The maximum absolute atomic E-state index is 14.5. The van der Waals surface area contributed by atoms with E-state index in [0.717, 1.165) is 11.1 Å². The van der Waals surface area contributed by atoms with Crippen molar-refractivity contribution in [2.75, 3.05) is 13.6 Å². The molecule has 5 rings (SSSR count). The van der Waals surface area contributed by atoms with Gasteiger partial charge in [-0.3, -0.25) is 24.0 Å². The van der Waals surface area contributed by atoms with Gasteiger partial charge in [0.05, 0.1) is 23.4 Å². The molecular formula is C46H52N6O7. The first-order valence-corrected chi connectivity index (χ1v) is 19.8. The molecule has 1 aromatic heterocycles. The van der Waals surface area contributed by atoms with Gasteiger partial charge in [0.15, 0.2) is 23.2 Å². The third-order valence-electron chi connectivity index (χ3n) is 10.9. The number of rotatable bonds is 11. The van der Waals surface area contributed by atoms with Crippen molar-refractivity contribution in [3.8, 4) is 40.1 Å². The Hall–Kier alpha value is -6.26. The maximum atomic E-state index is 14.5. The fraction of sp³-hybridized carbons (Fsp3) is 0.391. The summed E-state index contributed by atoms with van der Waals surface area (Å²) in [5, 5.41) is 33.9. The minimum Gasteiger partial charge on any atom is -0.507 e. The van der Waals surface area contributed by atoms with E-state index in [4.69, 9.17) is 11.0 Å². The Morgan fingerprint density at radius 1 is 1.00 bits per heavy atom. The molecule has 0 radical (unpaired) electrons. The largest absolute Gasteiger partial charge is 0.507 e. The van der Waals surface area contributed by atoms with Crippen molar-refractivity contribution in [1.29, 1.82) is 5.26 Å². The van der Waals surface area contributed by atoms with E-state index < -0.39 is 41.5 Å². The van der Waals surface area contributed by atoms with Crippen molar-refractivity contribution < 1.29 is 34.2 Å². The first-order chi connectivity index (χ1) is 27.9. The number of phenols is 2. The lowest BCUT2D eigenvalue weighted by Crippen LogP contribution is -2.45. The highest BCUT2D eigenvalue weighted by molar-refractivity contribution is 6.00. The van der Waals surface area contributed by atoms with Crippen molar-refractivity contribution in [3.63, 3.8) is 0 Å². The number of nitriles is 1. The van der Waals surface area contributed by atoms with Gasteiger partial charge in [0, 0.05) is 67.5 Å². The molecule has 0 saturated heterocycles. The van der Waals surface area contributed by atoms with Crippen molar-refractivity contribution in [1.82, 2.24) is 20.2 Å². The lowest BCUT2D eigenvalue weighted by Gasteiger charge is -2.32. The van der Waals surface area contributed by atoms with Crippen molar-refractivity contribution in [2.45, 2.75) is 90.6 Å². The second kappa shape index (κ2) is 18.6. The number of aromatic nitrogens is 2. The van der Waals surface area contributed by atoms with Crippen LogP contribution in [0.2, 0.25) is 0 Å². The quantitative estimate of drug-likeness (QED) is 0.128. The van der Waals surface area contributed by atoms with E-state index in [2.05, 4.69) is 36.1 Å². The van der Waals surface area contributed by atoms with Gasteiger partial charge in [0.2, 0.25) is 11.8 Å². The molecule has 4 atom stereocenters. The zero-order valence-corrected chi connectivity index (χ0v) is 34.4. The lowest BCUT2D eigenvalue weighted by molar-refractivity contribution is -0.142. The van der Waals surface area contributed by atoms with E-state index in [1.807, 2.05) is 30.3 Å². The number of ketones is 3. The molecule has 0 spiro atoms. The minimum absolute atomic E-state index is 0.0263. The van der Waals surface area contributed by atoms with Crippen molar-refractivity contribution >= 4 is 29.2 Å². The van der Waals surface area contributed by atoms with Gasteiger partial charge in [-0.2, -0.15) is 5.26 Å². The van der Waals surface area contributed by atoms with Crippen LogP contribution >= 0.6 is 0 Å². The highest BCUT2D eigenvalue weighted by Gasteiger charge is 2.36. The molecule has 0 aliphatic carbocycles. The summed E-state index contributed by atoms with van der Waals surface area (Å²) in [6, 6.07) is 16.5. The molecule has 308 valence electrons. The number of phenolic OH excluding ortho intramolecular Hbond substituents is 2. The minimum atomic E-state index is -1.29. The number of aromatic hydroxyl groups is 2. The average molecular weight is 801 g/mol. The van der Waals surface area contributed by atoms with E-state index in [0.29, 0.717) is 22.6 Å². The highest BCUT2D eigenvalue weighted by Crippen LogP contribution is 2.39. The number of hydrogen-bond donors (Lipinski definition) is 4. The van der Waals surface area contributed by atoms with Crippen LogP contribution in [0, 0.1) is 30.1 Å². The number of carbonyl (C=O) groups excluding carboxylic acids is 5. The highest BCUT2D eigenvalue weighted by atomic mass is 16.3. The van der Waals surface area contributed by atoms with Crippen molar-refractivity contribution in [2.24, 2.45) is 17.6 Å². The van der Waals surface area contributed by atoms with Gasteiger partial charge in [-0.25, -0.2) is 9.97 Å². The van der Waals surface area contributed by atoms with Crippen LogP contribution in [0.15, 0.2) is 66.9 Å². The molecule has 0 saturated carbocycles. The summed E-state index contributed by atoms with van der Waals surface area (Å²) in [7, 11) is 1.44. The number of amides is 2. The van der Waals surface area contributed by atoms with Gasteiger partial charge >= 0.3 is 0 Å². The maximum Gasteiger partial charge on any atom is 0.226 e. The first-order valence-electron chi connectivity index (χ1n) is 19.8. The van der Waals surface area contributed by atoms with Gasteiger partial charge in [-0.1, -0.05) is 64.1 Å². The SMILES string of the molecule is Cc1nc(-c2ccc(C(C)(C)C)cc2)ncc1C(=O)C[C@@H](CCN)C(=O)N(C)[C@@H]1C(=O)C[C@@H](C)C(=O)N[C@H](C(=O)CCC#N)Cc2ccc(O)c(c2)-c2cc1ccc2O. The van der Waals surface area contributed by atoms with Crippen LogP contribution in [0.5, 0.6) is 11.5 Å². The molecule has 5 N–H and O–H groups in total. The Morgan fingerprint density at radius 2 is 1.66 bits per heavy atom. The Labute approximate surface area is 344 Å². The number of aryl methyl sites for hydroxylation is 1. The number of benzene rings is 3. The molecule has 2 amide bonds. The second-order valence-corrected chi connectivity index (χ2v) is 16.4. The third-order valence-corrected chi connectivity index (χ3v) is 10.9. The topological polar surface area (TPSA) is 217 Å². The monoisotopic (exact) mass is 800 g/mol. The van der Waals surface area contributed by atoms with Crippen LogP contribution in [-0.4, -0.2) is 73.9 Å². The van der Waals surface area contributed by atoms with Gasteiger partial charge < -0.3 is 26.2 Å². The van der Waals surface area contributed by atoms with Gasteiger partial charge in [0.1, 0.15) is 17.5 Å². The van der Waals surface area contributed by atoms with Crippen LogP contribution < -0.4 is 11.1 Å². The molecule has 0 fully saturated rings. The second-order valence-electron chi connectivity index (χ2n) is 16.4. The van der Waals surface area contributed by atoms with Crippen molar-refractivity contribution in [3.05, 3.63) is 94.8 Å². The first kappa shape index (κ1) is 43.9. The van der Waals surface area contributed by atoms with E-state index in [1.165, 1.54) is 42.4 Å². The molecule has 13 nitrogen and oxygen atoms in total. The fourth-order valence-electron chi connectivity index (χ4n) is 7.41. The van der Waals surface area contributed by atoms with Gasteiger partial charge in [0.25, 0.3) is 0 Å².